The molecule has 0 saturated heterocycles. The second kappa shape index (κ2) is 9.67. The van der Waals surface area contributed by atoms with Crippen LogP contribution in [0.25, 0.3) is 0 Å². The van der Waals surface area contributed by atoms with Gasteiger partial charge in [0.2, 0.25) is 0 Å². The van der Waals surface area contributed by atoms with Crippen molar-refractivity contribution < 1.29 is 9.13 Å². The van der Waals surface area contributed by atoms with Gasteiger partial charge in [-0.2, -0.15) is 0 Å². The van der Waals surface area contributed by atoms with E-state index < -0.39 is 0 Å². The molecule has 0 spiro atoms. The summed E-state index contributed by atoms with van der Waals surface area (Å²) < 4.78 is 19.3. The number of hydrogen-bond acceptors (Lipinski definition) is 4. The van der Waals surface area contributed by atoms with E-state index in [1.165, 1.54) is 12.1 Å². The normalized spacial score (nSPS) is 17.5. The van der Waals surface area contributed by atoms with Gasteiger partial charge in [0.1, 0.15) is 17.3 Å². The van der Waals surface area contributed by atoms with E-state index in [1.54, 1.807) is 12.1 Å². The van der Waals surface area contributed by atoms with Gasteiger partial charge in [0.05, 0.1) is 0 Å². The summed E-state index contributed by atoms with van der Waals surface area (Å²) in [6.45, 7) is 5.67. The van der Waals surface area contributed by atoms with Crippen LogP contribution in [-0.2, 0) is 13.1 Å². The molecule has 4 nitrogen and oxygen atoms in total. The van der Waals surface area contributed by atoms with Gasteiger partial charge in [-0.1, -0.05) is 18.2 Å². The van der Waals surface area contributed by atoms with E-state index in [9.17, 15) is 4.39 Å². The van der Waals surface area contributed by atoms with Crippen LogP contribution in [0.2, 0.25) is 0 Å². The van der Waals surface area contributed by atoms with Gasteiger partial charge in [-0.3, -0.25) is 0 Å². The number of fused-ring (bicyclic) bond motifs is 2. The van der Waals surface area contributed by atoms with Crippen LogP contribution in [0.15, 0.2) is 42.5 Å². The SMILES string of the molecule is CN1CCCNCc2cccc(c2Oc2ccc(F)cc2)CNCCC1. The molecule has 0 saturated carbocycles. The largest absolute Gasteiger partial charge is 0.457 e. The molecule has 140 valence electrons. The molecule has 0 amide bonds. The molecule has 0 aliphatic carbocycles. The summed E-state index contributed by atoms with van der Waals surface area (Å²) >= 11 is 0. The van der Waals surface area contributed by atoms with Gasteiger partial charge in [0, 0.05) is 24.2 Å². The lowest BCUT2D eigenvalue weighted by atomic mass is 10.1. The monoisotopic (exact) mass is 357 g/mol. The minimum atomic E-state index is -0.256. The zero-order chi connectivity index (χ0) is 18.2. The van der Waals surface area contributed by atoms with Crippen LogP contribution in [0.1, 0.15) is 24.0 Å². The average Bonchev–Trinajstić information content (AvgIpc) is 2.64. The number of rotatable bonds is 2. The molecule has 1 aliphatic heterocycles. The highest BCUT2D eigenvalue weighted by Crippen LogP contribution is 2.30. The number of halogens is 1. The first-order chi connectivity index (χ1) is 12.7. The average molecular weight is 357 g/mol. The molecule has 0 aromatic heterocycles. The Kier molecular flexibility index (Phi) is 7.00. The minimum absolute atomic E-state index is 0.256. The molecule has 0 fully saturated rings. The van der Waals surface area contributed by atoms with Crippen molar-refractivity contribution >= 4 is 0 Å². The number of ether oxygens (including phenoxy) is 1. The summed E-state index contributed by atoms with van der Waals surface area (Å²) in [5.41, 5.74) is 2.25. The molecule has 26 heavy (non-hydrogen) atoms. The lowest BCUT2D eigenvalue weighted by molar-refractivity contribution is 0.319. The second-order valence-corrected chi connectivity index (χ2v) is 6.83. The maximum atomic E-state index is 13.2. The Bertz CT molecular complexity index is 658. The van der Waals surface area contributed by atoms with Gasteiger partial charge in [0.25, 0.3) is 0 Å². The lowest BCUT2D eigenvalue weighted by Gasteiger charge is -2.20. The van der Waals surface area contributed by atoms with Gasteiger partial charge >= 0.3 is 0 Å². The van der Waals surface area contributed by atoms with Gasteiger partial charge in [-0.25, -0.2) is 4.39 Å². The maximum Gasteiger partial charge on any atom is 0.136 e. The molecular formula is C21H28FN3O. The Morgan fingerprint density at radius 2 is 1.46 bits per heavy atom. The predicted molar refractivity (Wildman–Crippen MR) is 103 cm³/mol. The van der Waals surface area contributed by atoms with Crippen LogP contribution < -0.4 is 15.4 Å². The third-order valence-electron chi connectivity index (χ3n) is 4.63. The number of hydrogen-bond donors (Lipinski definition) is 2. The number of para-hydroxylation sites is 1. The van der Waals surface area contributed by atoms with Crippen molar-refractivity contribution in [2.75, 3.05) is 33.2 Å². The highest BCUT2D eigenvalue weighted by Gasteiger charge is 2.12. The molecule has 0 unspecified atom stereocenters. The van der Waals surface area contributed by atoms with Gasteiger partial charge in [0.15, 0.2) is 0 Å². The van der Waals surface area contributed by atoms with Crippen LogP contribution >= 0.6 is 0 Å². The molecule has 2 bridgehead atoms. The first-order valence-corrected chi connectivity index (χ1v) is 9.36. The topological polar surface area (TPSA) is 36.5 Å². The summed E-state index contributed by atoms with van der Waals surface area (Å²) in [4.78, 5) is 2.39. The summed E-state index contributed by atoms with van der Waals surface area (Å²) in [6.07, 6.45) is 2.25. The number of benzene rings is 2. The Labute approximate surface area is 155 Å². The predicted octanol–water partition coefficient (Wildman–Crippen LogP) is 3.52. The molecule has 0 radical (unpaired) electrons. The van der Waals surface area contributed by atoms with Crippen molar-refractivity contribution in [3.05, 3.63) is 59.4 Å². The third-order valence-corrected chi connectivity index (χ3v) is 4.63. The Balaban J connectivity index is 1.79. The van der Waals surface area contributed by atoms with Crippen LogP contribution in [0, 0.1) is 5.82 Å². The quantitative estimate of drug-likeness (QED) is 0.862. The Morgan fingerprint density at radius 3 is 2.04 bits per heavy atom. The van der Waals surface area contributed by atoms with Crippen molar-refractivity contribution in [2.45, 2.75) is 25.9 Å². The standard InChI is InChI=1S/C21H28FN3O/c1-25-13-3-11-23-15-17-5-2-6-18(16-24-12-4-14-25)21(17)26-20-9-7-19(22)8-10-20/h2,5-10,23-24H,3-4,11-16H2,1H3. The molecule has 2 aromatic rings. The van der Waals surface area contributed by atoms with E-state index in [0.717, 1.165) is 69.0 Å². The molecular weight excluding hydrogens is 329 g/mol. The van der Waals surface area contributed by atoms with Crippen LogP contribution in [0.3, 0.4) is 0 Å². The first kappa shape index (κ1) is 18.8. The third kappa shape index (κ3) is 5.53. The van der Waals surface area contributed by atoms with Crippen molar-refractivity contribution in [1.82, 2.24) is 15.5 Å². The minimum Gasteiger partial charge on any atom is -0.457 e. The summed E-state index contributed by atoms with van der Waals surface area (Å²) in [5.74, 6) is 1.27. The highest BCUT2D eigenvalue weighted by atomic mass is 19.1. The smallest absolute Gasteiger partial charge is 0.136 e. The van der Waals surface area contributed by atoms with Gasteiger partial charge in [-0.15, -0.1) is 0 Å². The summed E-state index contributed by atoms with van der Waals surface area (Å²) in [7, 11) is 2.18. The Hall–Kier alpha value is -1.95. The van der Waals surface area contributed by atoms with E-state index in [-0.39, 0.29) is 5.82 Å². The zero-order valence-corrected chi connectivity index (χ0v) is 15.4. The summed E-state index contributed by atoms with van der Waals surface area (Å²) in [6, 6.07) is 12.5. The maximum absolute atomic E-state index is 13.2. The van der Waals surface area contributed by atoms with Crippen molar-refractivity contribution in [3.63, 3.8) is 0 Å². The number of nitrogens with one attached hydrogen (secondary N) is 2. The van der Waals surface area contributed by atoms with E-state index in [0.29, 0.717) is 5.75 Å². The molecule has 1 aliphatic rings. The van der Waals surface area contributed by atoms with Crippen LogP contribution in [-0.4, -0.2) is 38.1 Å². The fraction of sp³-hybridized carbons (Fsp3) is 0.429. The van der Waals surface area contributed by atoms with Crippen LogP contribution in [0.5, 0.6) is 11.5 Å². The molecule has 0 atom stereocenters. The van der Waals surface area contributed by atoms with Gasteiger partial charge < -0.3 is 20.3 Å². The van der Waals surface area contributed by atoms with Gasteiger partial charge in [-0.05, 0) is 70.3 Å². The molecule has 1 heterocycles. The summed E-state index contributed by atoms with van der Waals surface area (Å²) in [5, 5.41) is 7.03. The Morgan fingerprint density at radius 1 is 0.885 bits per heavy atom. The van der Waals surface area contributed by atoms with Crippen molar-refractivity contribution in [3.8, 4) is 11.5 Å². The molecule has 3 rings (SSSR count). The first-order valence-electron chi connectivity index (χ1n) is 9.36. The number of nitrogens with zero attached hydrogens (tertiary/aromatic N) is 1. The van der Waals surface area contributed by atoms with E-state index in [4.69, 9.17) is 4.74 Å². The fourth-order valence-electron chi connectivity index (χ4n) is 3.17. The lowest BCUT2D eigenvalue weighted by Crippen LogP contribution is -2.28. The molecule has 5 heteroatoms. The molecule has 2 N–H and O–H groups in total. The van der Waals surface area contributed by atoms with Crippen LogP contribution in [0.4, 0.5) is 4.39 Å². The van der Waals surface area contributed by atoms with Crippen molar-refractivity contribution in [1.29, 1.82) is 0 Å². The van der Waals surface area contributed by atoms with E-state index >= 15 is 0 Å². The second-order valence-electron chi connectivity index (χ2n) is 6.83. The van der Waals surface area contributed by atoms with E-state index in [2.05, 4.69) is 40.8 Å². The molecule has 2 aromatic carbocycles. The highest BCUT2D eigenvalue weighted by molar-refractivity contribution is 5.44. The van der Waals surface area contributed by atoms with Crippen molar-refractivity contribution in [2.24, 2.45) is 0 Å². The fourth-order valence-corrected chi connectivity index (χ4v) is 3.17. The zero-order valence-electron chi connectivity index (χ0n) is 15.4. The van der Waals surface area contributed by atoms with E-state index in [1.807, 2.05) is 0 Å².